The van der Waals surface area contributed by atoms with E-state index in [0.717, 1.165) is 12.8 Å². The minimum absolute atomic E-state index is 0.154. The van der Waals surface area contributed by atoms with Crippen molar-refractivity contribution in [3.05, 3.63) is 23.8 Å². The SMILES string of the molecule is CCCC1(CCC)C(=O)Nc2c(OC(F)(F)F)cccc21. The van der Waals surface area contributed by atoms with Crippen molar-refractivity contribution in [1.82, 2.24) is 0 Å². The second-order valence-corrected chi connectivity index (χ2v) is 5.26. The van der Waals surface area contributed by atoms with Crippen molar-refractivity contribution in [3.8, 4) is 5.75 Å². The quantitative estimate of drug-likeness (QED) is 0.876. The molecule has 1 aromatic carbocycles. The average molecular weight is 301 g/mol. The number of hydrogen-bond donors (Lipinski definition) is 1. The van der Waals surface area contributed by atoms with Gasteiger partial charge in [0.25, 0.3) is 0 Å². The van der Waals surface area contributed by atoms with Crippen LogP contribution >= 0.6 is 0 Å². The second kappa shape index (κ2) is 5.58. The lowest BCUT2D eigenvalue weighted by Gasteiger charge is -2.26. The van der Waals surface area contributed by atoms with Crippen LogP contribution in [0, 0.1) is 0 Å². The number of carbonyl (C=O) groups is 1. The number of ether oxygens (including phenoxy) is 1. The van der Waals surface area contributed by atoms with Gasteiger partial charge >= 0.3 is 6.36 Å². The highest BCUT2D eigenvalue weighted by Crippen LogP contribution is 2.48. The van der Waals surface area contributed by atoms with Crippen molar-refractivity contribution in [2.24, 2.45) is 0 Å². The maximum absolute atomic E-state index is 12.5. The van der Waals surface area contributed by atoms with Gasteiger partial charge in [-0.1, -0.05) is 38.8 Å². The van der Waals surface area contributed by atoms with E-state index >= 15 is 0 Å². The van der Waals surface area contributed by atoms with Crippen molar-refractivity contribution in [3.63, 3.8) is 0 Å². The van der Waals surface area contributed by atoms with Gasteiger partial charge in [0.2, 0.25) is 5.91 Å². The Morgan fingerprint density at radius 2 is 1.81 bits per heavy atom. The largest absolute Gasteiger partial charge is 0.573 e. The van der Waals surface area contributed by atoms with Crippen LogP contribution in [0.5, 0.6) is 5.75 Å². The third-order valence-corrected chi connectivity index (χ3v) is 3.79. The van der Waals surface area contributed by atoms with E-state index in [2.05, 4.69) is 10.1 Å². The number of benzene rings is 1. The number of nitrogens with one attached hydrogen (secondary N) is 1. The molecule has 0 spiro atoms. The Balaban J connectivity index is 2.50. The Bertz CT molecular complexity index is 534. The molecule has 0 bridgehead atoms. The Morgan fingerprint density at radius 3 is 2.33 bits per heavy atom. The molecule has 0 fully saturated rings. The standard InChI is InChI=1S/C15H18F3NO2/c1-3-8-14(9-4-2)10-6-5-7-11(21-15(16,17)18)12(10)19-13(14)20/h5-7H,3-4,8-9H2,1-2H3,(H,19,20). The molecule has 0 radical (unpaired) electrons. The van der Waals surface area contributed by atoms with Gasteiger partial charge in [-0.2, -0.15) is 0 Å². The lowest BCUT2D eigenvalue weighted by molar-refractivity contribution is -0.274. The van der Waals surface area contributed by atoms with Crippen molar-refractivity contribution in [1.29, 1.82) is 0 Å². The molecule has 1 amide bonds. The van der Waals surface area contributed by atoms with Crippen LogP contribution in [0.25, 0.3) is 0 Å². The van der Waals surface area contributed by atoms with Crippen LogP contribution in [0.1, 0.15) is 45.1 Å². The van der Waals surface area contributed by atoms with E-state index in [0.29, 0.717) is 18.4 Å². The highest BCUT2D eigenvalue weighted by molar-refractivity contribution is 6.07. The second-order valence-electron chi connectivity index (χ2n) is 5.26. The molecule has 0 atom stereocenters. The van der Waals surface area contributed by atoms with E-state index in [4.69, 9.17) is 0 Å². The number of carbonyl (C=O) groups excluding carboxylic acids is 1. The summed E-state index contributed by atoms with van der Waals surface area (Å²) in [5, 5.41) is 2.59. The first-order valence-electron chi connectivity index (χ1n) is 7.04. The molecule has 0 unspecified atom stereocenters. The monoisotopic (exact) mass is 301 g/mol. The molecule has 3 nitrogen and oxygen atoms in total. The minimum atomic E-state index is -4.78. The fraction of sp³-hybridized carbons (Fsp3) is 0.533. The van der Waals surface area contributed by atoms with Gasteiger partial charge in [0.1, 0.15) is 0 Å². The number of fused-ring (bicyclic) bond motifs is 1. The average Bonchev–Trinajstić information content (AvgIpc) is 2.64. The predicted molar refractivity (Wildman–Crippen MR) is 73.2 cm³/mol. The van der Waals surface area contributed by atoms with E-state index in [9.17, 15) is 18.0 Å². The van der Waals surface area contributed by atoms with E-state index in [1.54, 1.807) is 6.07 Å². The summed E-state index contributed by atoms with van der Waals surface area (Å²) in [6, 6.07) is 4.43. The van der Waals surface area contributed by atoms with Gasteiger partial charge < -0.3 is 10.1 Å². The van der Waals surface area contributed by atoms with Crippen LogP contribution < -0.4 is 10.1 Å². The molecule has 0 aliphatic carbocycles. The predicted octanol–water partition coefficient (Wildman–Crippen LogP) is 4.38. The third-order valence-electron chi connectivity index (χ3n) is 3.79. The molecule has 1 heterocycles. The number of halogens is 3. The van der Waals surface area contributed by atoms with Crippen LogP contribution in [0.15, 0.2) is 18.2 Å². The van der Waals surface area contributed by atoms with Gasteiger partial charge in [0.15, 0.2) is 5.75 Å². The van der Waals surface area contributed by atoms with Crippen LogP contribution in [0.2, 0.25) is 0 Å². The molecule has 0 saturated carbocycles. The number of hydrogen-bond acceptors (Lipinski definition) is 2. The molecule has 0 saturated heterocycles. The normalized spacial score (nSPS) is 16.5. The zero-order valence-electron chi connectivity index (χ0n) is 12.0. The lowest BCUT2D eigenvalue weighted by atomic mass is 9.74. The summed E-state index contributed by atoms with van der Waals surface area (Å²) in [7, 11) is 0. The number of alkyl halides is 3. The maximum Gasteiger partial charge on any atom is 0.573 e. The maximum atomic E-state index is 12.5. The Hall–Kier alpha value is -1.72. The first-order chi connectivity index (χ1) is 9.84. The molecular formula is C15H18F3NO2. The first-order valence-corrected chi connectivity index (χ1v) is 7.04. The lowest BCUT2D eigenvalue weighted by Crippen LogP contribution is -2.34. The van der Waals surface area contributed by atoms with Gasteiger partial charge in [-0.25, -0.2) is 0 Å². The van der Waals surface area contributed by atoms with E-state index in [1.165, 1.54) is 12.1 Å². The minimum Gasteiger partial charge on any atom is -0.404 e. The van der Waals surface area contributed by atoms with Gasteiger partial charge in [-0.15, -0.1) is 13.2 Å². The van der Waals surface area contributed by atoms with Crippen molar-refractivity contribution >= 4 is 11.6 Å². The third kappa shape index (κ3) is 2.84. The Labute approximate surface area is 121 Å². The van der Waals surface area contributed by atoms with Crippen molar-refractivity contribution in [2.45, 2.75) is 51.3 Å². The summed E-state index contributed by atoms with van der Waals surface area (Å²) >= 11 is 0. The summed E-state index contributed by atoms with van der Waals surface area (Å²) in [6.45, 7) is 3.91. The van der Waals surface area contributed by atoms with Crippen LogP contribution in [0.3, 0.4) is 0 Å². The first kappa shape index (κ1) is 15.7. The summed E-state index contributed by atoms with van der Waals surface area (Å²) in [5.41, 5.74) is 0.0174. The van der Waals surface area contributed by atoms with Crippen LogP contribution in [-0.2, 0) is 10.2 Å². The fourth-order valence-electron chi connectivity index (χ4n) is 3.10. The number of rotatable bonds is 5. The summed E-state index contributed by atoms with van der Waals surface area (Å²) in [4.78, 5) is 12.4. The van der Waals surface area contributed by atoms with Crippen LogP contribution in [0.4, 0.5) is 18.9 Å². The highest BCUT2D eigenvalue weighted by atomic mass is 19.4. The van der Waals surface area contributed by atoms with E-state index < -0.39 is 11.8 Å². The summed E-state index contributed by atoms with van der Waals surface area (Å²) in [5.74, 6) is -0.582. The van der Waals surface area contributed by atoms with Crippen LogP contribution in [-0.4, -0.2) is 12.3 Å². The van der Waals surface area contributed by atoms with Gasteiger partial charge in [-0.05, 0) is 24.5 Å². The Morgan fingerprint density at radius 1 is 1.19 bits per heavy atom. The molecule has 1 aliphatic heterocycles. The number of para-hydroxylation sites is 1. The summed E-state index contributed by atoms with van der Waals surface area (Å²) < 4.78 is 41.4. The van der Waals surface area contributed by atoms with E-state index in [-0.39, 0.29) is 17.3 Å². The summed E-state index contributed by atoms with van der Waals surface area (Å²) in [6.07, 6.45) is -2.01. The fourth-order valence-corrected chi connectivity index (χ4v) is 3.10. The number of anilines is 1. The molecular weight excluding hydrogens is 283 g/mol. The molecule has 0 aromatic heterocycles. The molecule has 1 N–H and O–H groups in total. The molecule has 2 rings (SSSR count). The number of amides is 1. The Kier molecular flexibility index (Phi) is 4.16. The smallest absolute Gasteiger partial charge is 0.404 e. The molecule has 1 aliphatic rings. The molecule has 21 heavy (non-hydrogen) atoms. The highest BCUT2D eigenvalue weighted by Gasteiger charge is 2.47. The van der Waals surface area contributed by atoms with Gasteiger partial charge in [0.05, 0.1) is 11.1 Å². The zero-order chi connectivity index (χ0) is 15.7. The van der Waals surface area contributed by atoms with Crippen molar-refractivity contribution in [2.75, 3.05) is 5.32 Å². The van der Waals surface area contributed by atoms with E-state index in [1.807, 2.05) is 13.8 Å². The zero-order valence-corrected chi connectivity index (χ0v) is 12.0. The van der Waals surface area contributed by atoms with Gasteiger partial charge in [0, 0.05) is 0 Å². The molecule has 6 heteroatoms. The van der Waals surface area contributed by atoms with Gasteiger partial charge in [-0.3, -0.25) is 4.79 Å². The topological polar surface area (TPSA) is 38.3 Å². The molecule has 1 aromatic rings. The molecule has 116 valence electrons. The van der Waals surface area contributed by atoms with Crippen molar-refractivity contribution < 1.29 is 22.7 Å².